The van der Waals surface area contributed by atoms with E-state index < -0.39 is 11.8 Å². The second-order valence-electron chi connectivity index (χ2n) is 6.57. The number of nitrogens with zero attached hydrogens (tertiary/aromatic N) is 1. The van der Waals surface area contributed by atoms with Gasteiger partial charge in [-0.2, -0.15) is 0 Å². The molecule has 2 bridgehead atoms. The Morgan fingerprint density at radius 1 is 1.12 bits per heavy atom. The summed E-state index contributed by atoms with van der Waals surface area (Å²) in [5.74, 6) is 0.956. The molecule has 2 aromatic carbocycles. The monoisotopic (exact) mass is 323 g/mol. The molecule has 24 heavy (non-hydrogen) atoms. The topological polar surface area (TPSA) is 38.8 Å². The predicted molar refractivity (Wildman–Crippen MR) is 92.2 cm³/mol. The van der Waals surface area contributed by atoms with Crippen molar-refractivity contribution in [3.05, 3.63) is 60.2 Å². The quantitative estimate of drug-likeness (QED) is 0.863. The molecular weight excluding hydrogens is 302 g/mol. The molecule has 2 aliphatic heterocycles. The van der Waals surface area contributed by atoms with Gasteiger partial charge in [0.2, 0.25) is 0 Å². The Morgan fingerprint density at radius 2 is 1.83 bits per heavy atom. The molecule has 0 aromatic heterocycles. The first-order valence-electron chi connectivity index (χ1n) is 8.32. The molecule has 2 aliphatic rings. The second kappa shape index (κ2) is 5.64. The lowest BCUT2D eigenvalue weighted by Crippen LogP contribution is -2.44. The predicted octanol–water partition coefficient (Wildman–Crippen LogP) is 3.72. The third kappa shape index (κ3) is 2.21. The number of Topliss-reactive ketones (excluding diaryl/α,β-unsaturated/α-hetero) is 1. The van der Waals surface area contributed by atoms with Gasteiger partial charge in [-0.1, -0.05) is 36.4 Å². The highest BCUT2D eigenvalue weighted by Gasteiger charge is 2.56. The first kappa shape index (κ1) is 15.2. The zero-order chi connectivity index (χ0) is 16.7. The van der Waals surface area contributed by atoms with Crippen molar-refractivity contribution in [2.75, 3.05) is 12.0 Å². The fraction of sp³-hybridized carbons (Fsp3) is 0.350. The summed E-state index contributed by atoms with van der Waals surface area (Å²) < 4.78 is 11.8. The summed E-state index contributed by atoms with van der Waals surface area (Å²) >= 11 is 0. The van der Waals surface area contributed by atoms with E-state index in [1.165, 1.54) is 0 Å². The van der Waals surface area contributed by atoms with Crippen LogP contribution in [0, 0.1) is 0 Å². The summed E-state index contributed by atoms with van der Waals surface area (Å²) in [6.45, 7) is 2.08. The maximum atomic E-state index is 12.6. The van der Waals surface area contributed by atoms with Crippen LogP contribution in [0.4, 0.5) is 5.69 Å². The number of methoxy groups -OCH3 is 1. The zero-order valence-electron chi connectivity index (χ0n) is 13.9. The van der Waals surface area contributed by atoms with Crippen molar-refractivity contribution >= 4 is 11.5 Å². The molecule has 0 spiro atoms. The van der Waals surface area contributed by atoms with E-state index in [1.54, 1.807) is 7.11 Å². The number of carbonyl (C=O) groups is 1. The number of rotatable bonds is 3. The first-order chi connectivity index (χ1) is 11.6. The number of carbonyl (C=O) groups excluding carboxylic acids is 1. The van der Waals surface area contributed by atoms with Crippen LogP contribution in [0.5, 0.6) is 5.75 Å². The number of hydrogen-bond acceptors (Lipinski definition) is 4. The van der Waals surface area contributed by atoms with Gasteiger partial charge in [-0.15, -0.1) is 0 Å². The van der Waals surface area contributed by atoms with Gasteiger partial charge in [-0.25, -0.2) is 0 Å². The standard InChI is InChI=1S/C20H21NO3/c1-20-13-12-16(22)19(24-20)18(15-10-6-7-11-17(15)23-2)21(20)14-8-4-3-5-9-14/h3-11,18-19H,12-13H2,1-2H3/t18-,19-,20+/m0/s1. The molecule has 2 saturated heterocycles. The highest BCUT2D eigenvalue weighted by Crippen LogP contribution is 2.51. The van der Waals surface area contributed by atoms with Crippen LogP contribution >= 0.6 is 0 Å². The van der Waals surface area contributed by atoms with Crippen molar-refractivity contribution in [1.29, 1.82) is 0 Å². The van der Waals surface area contributed by atoms with Crippen LogP contribution < -0.4 is 9.64 Å². The summed E-state index contributed by atoms with van der Waals surface area (Å²) in [6.07, 6.45) is 0.791. The second-order valence-corrected chi connectivity index (χ2v) is 6.57. The maximum absolute atomic E-state index is 12.6. The lowest BCUT2D eigenvalue weighted by atomic mass is 9.96. The number of benzene rings is 2. The van der Waals surface area contributed by atoms with E-state index in [0.29, 0.717) is 12.8 Å². The van der Waals surface area contributed by atoms with E-state index >= 15 is 0 Å². The van der Waals surface area contributed by atoms with Gasteiger partial charge in [0, 0.05) is 24.1 Å². The van der Waals surface area contributed by atoms with Crippen LogP contribution in [0.1, 0.15) is 31.4 Å². The van der Waals surface area contributed by atoms with Crippen molar-refractivity contribution in [1.82, 2.24) is 0 Å². The van der Waals surface area contributed by atoms with E-state index in [0.717, 1.165) is 17.0 Å². The molecule has 4 rings (SSSR count). The number of anilines is 1. The Morgan fingerprint density at radius 3 is 2.58 bits per heavy atom. The molecule has 0 N–H and O–H groups in total. The van der Waals surface area contributed by atoms with Gasteiger partial charge in [-0.05, 0) is 25.1 Å². The molecule has 4 heteroatoms. The van der Waals surface area contributed by atoms with Gasteiger partial charge in [0.15, 0.2) is 5.78 Å². The fourth-order valence-corrected chi connectivity index (χ4v) is 3.98. The lowest BCUT2D eigenvalue weighted by molar-refractivity contribution is -0.143. The van der Waals surface area contributed by atoms with Crippen molar-refractivity contribution < 1.29 is 14.3 Å². The number of hydrogen-bond donors (Lipinski definition) is 0. The van der Waals surface area contributed by atoms with Gasteiger partial charge in [-0.3, -0.25) is 4.79 Å². The lowest BCUT2D eigenvalue weighted by Gasteiger charge is -2.38. The molecule has 0 unspecified atom stereocenters. The molecule has 124 valence electrons. The first-order valence-corrected chi connectivity index (χ1v) is 8.32. The van der Waals surface area contributed by atoms with Crippen molar-refractivity contribution in [2.45, 2.75) is 37.6 Å². The average Bonchev–Trinajstić information content (AvgIpc) is 2.88. The number of para-hydroxylation sites is 2. The van der Waals surface area contributed by atoms with E-state index in [2.05, 4.69) is 24.0 Å². The van der Waals surface area contributed by atoms with Crippen LogP contribution in [0.2, 0.25) is 0 Å². The summed E-state index contributed by atoms with van der Waals surface area (Å²) in [4.78, 5) is 14.8. The van der Waals surface area contributed by atoms with Crippen LogP contribution in [-0.4, -0.2) is 24.7 Å². The minimum atomic E-state index is -0.481. The van der Waals surface area contributed by atoms with Crippen LogP contribution in [0.3, 0.4) is 0 Å². The van der Waals surface area contributed by atoms with E-state index in [-0.39, 0.29) is 11.8 Å². The molecule has 0 amide bonds. The van der Waals surface area contributed by atoms with Crippen LogP contribution in [-0.2, 0) is 9.53 Å². The summed E-state index contributed by atoms with van der Waals surface area (Å²) in [6, 6.07) is 17.9. The third-order valence-corrected chi connectivity index (χ3v) is 5.10. The van der Waals surface area contributed by atoms with E-state index in [9.17, 15) is 4.79 Å². The highest BCUT2D eigenvalue weighted by molar-refractivity contribution is 5.87. The Balaban J connectivity index is 1.89. The molecule has 2 aromatic rings. The Labute approximate surface area is 142 Å². The van der Waals surface area contributed by atoms with Crippen molar-refractivity contribution in [3.63, 3.8) is 0 Å². The van der Waals surface area contributed by atoms with Crippen molar-refractivity contribution in [2.24, 2.45) is 0 Å². The molecule has 2 heterocycles. The summed E-state index contributed by atoms with van der Waals surface area (Å²) in [5, 5.41) is 0. The molecule has 2 fully saturated rings. The maximum Gasteiger partial charge on any atom is 0.164 e. The molecular formula is C20H21NO3. The largest absolute Gasteiger partial charge is 0.496 e. The van der Waals surface area contributed by atoms with Gasteiger partial charge in [0.1, 0.15) is 17.6 Å². The molecule has 3 atom stereocenters. The third-order valence-electron chi connectivity index (χ3n) is 5.10. The zero-order valence-corrected chi connectivity index (χ0v) is 13.9. The summed E-state index contributed by atoms with van der Waals surface area (Å²) in [7, 11) is 1.66. The number of ketones is 1. The smallest absolute Gasteiger partial charge is 0.164 e. The van der Waals surface area contributed by atoms with Crippen LogP contribution in [0.25, 0.3) is 0 Å². The van der Waals surface area contributed by atoms with E-state index in [4.69, 9.17) is 9.47 Å². The Kier molecular flexibility index (Phi) is 3.57. The number of fused-ring (bicyclic) bond motifs is 2. The van der Waals surface area contributed by atoms with Gasteiger partial charge in [0.25, 0.3) is 0 Å². The molecule has 0 aliphatic carbocycles. The molecule has 0 radical (unpaired) electrons. The van der Waals surface area contributed by atoms with Gasteiger partial charge < -0.3 is 14.4 Å². The minimum Gasteiger partial charge on any atom is -0.496 e. The highest BCUT2D eigenvalue weighted by atomic mass is 16.5. The van der Waals surface area contributed by atoms with E-state index in [1.807, 2.05) is 42.5 Å². The number of ether oxygens (including phenoxy) is 2. The van der Waals surface area contributed by atoms with Crippen molar-refractivity contribution in [3.8, 4) is 5.75 Å². The van der Waals surface area contributed by atoms with Gasteiger partial charge >= 0.3 is 0 Å². The summed E-state index contributed by atoms with van der Waals surface area (Å²) in [5.41, 5.74) is 1.58. The Hall–Kier alpha value is -2.33. The minimum absolute atomic E-state index is 0.168. The fourth-order valence-electron chi connectivity index (χ4n) is 3.98. The Bertz CT molecular complexity index is 760. The van der Waals surface area contributed by atoms with Crippen LogP contribution in [0.15, 0.2) is 54.6 Å². The SMILES string of the molecule is COc1ccccc1[C@H]1[C@H]2O[C@](C)(CCC2=O)N1c1ccccc1. The molecule has 4 nitrogen and oxygen atoms in total. The van der Waals surface area contributed by atoms with Gasteiger partial charge in [0.05, 0.1) is 13.2 Å². The normalized spacial score (nSPS) is 28.9. The molecule has 0 saturated carbocycles. The average molecular weight is 323 g/mol.